The number of rotatable bonds is 7. The van der Waals surface area contributed by atoms with Gasteiger partial charge in [0, 0.05) is 13.3 Å². The molecule has 8 heteroatoms. The Bertz CT molecular complexity index is 846. The number of carboxylic acid groups (broad SMARTS) is 1. The normalized spacial score (nSPS) is 12.4. The molecule has 0 aliphatic rings. The summed E-state index contributed by atoms with van der Waals surface area (Å²) in [5, 5.41) is 11.6. The number of amides is 1. The summed E-state index contributed by atoms with van der Waals surface area (Å²) in [5.74, 6) is -1.64. The van der Waals surface area contributed by atoms with E-state index in [2.05, 4.69) is 5.32 Å². The van der Waals surface area contributed by atoms with Crippen molar-refractivity contribution in [1.82, 2.24) is 5.32 Å². The van der Waals surface area contributed by atoms with Crippen molar-refractivity contribution >= 4 is 19.5 Å². The zero-order chi connectivity index (χ0) is 19.3. The highest BCUT2D eigenvalue weighted by Crippen LogP contribution is 2.40. The number of benzene rings is 2. The van der Waals surface area contributed by atoms with Crippen LogP contribution in [0, 0.1) is 0 Å². The van der Waals surface area contributed by atoms with E-state index >= 15 is 0 Å². The maximum atomic E-state index is 11.4. The molecule has 2 aromatic rings. The Balaban J connectivity index is 2.43. The Kier molecular flexibility index (Phi) is 6.32. The van der Waals surface area contributed by atoms with Crippen LogP contribution in [0.25, 0.3) is 11.1 Å². The third kappa shape index (κ3) is 6.11. The quantitative estimate of drug-likeness (QED) is 0.548. The Morgan fingerprint density at radius 1 is 1.04 bits per heavy atom. The van der Waals surface area contributed by atoms with Gasteiger partial charge in [-0.3, -0.25) is 9.36 Å². The molecule has 1 amide bonds. The first-order chi connectivity index (χ1) is 12.1. The van der Waals surface area contributed by atoms with Gasteiger partial charge in [-0.1, -0.05) is 48.5 Å². The highest BCUT2D eigenvalue weighted by molar-refractivity contribution is 7.50. The van der Waals surface area contributed by atoms with E-state index in [1.807, 2.05) is 30.3 Å². The fourth-order valence-corrected chi connectivity index (χ4v) is 3.35. The van der Waals surface area contributed by atoms with E-state index in [9.17, 15) is 29.0 Å². The number of hydrogen-bond donors (Lipinski definition) is 4. The third-order valence-electron chi connectivity index (χ3n) is 3.66. The molecular formula is C18H20NO6P. The van der Waals surface area contributed by atoms with Crippen LogP contribution >= 0.6 is 7.60 Å². The first kappa shape index (κ1) is 19.8. The van der Waals surface area contributed by atoms with Crippen LogP contribution in [0.5, 0.6) is 0 Å². The molecule has 2 aromatic carbocycles. The van der Waals surface area contributed by atoms with Crippen LogP contribution in [0.1, 0.15) is 18.1 Å². The van der Waals surface area contributed by atoms with Crippen molar-refractivity contribution in [3.63, 3.8) is 0 Å². The number of hydrogen-bond acceptors (Lipinski definition) is 3. The van der Waals surface area contributed by atoms with Crippen molar-refractivity contribution in [3.8, 4) is 11.1 Å². The lowest BCUT2D eigenvalue weighted by Gasteiger charge is -2.16. The molecule has 4 N–H and O–H groups in total. The van der Waals surface area contributed by atoms with Crippen LogP contribution in [-0.2, 0) is 26.7 Å². The molecule has 0 radical (unpaired) electrons. The summed E-state index contributed by atoms with van der Waals surface area (Å²) < 4.78 is 11.4. The molecule has 0 spiro atoms. The van der Waals surface area contributed by atoms with Gasteiger partial charge < -0.3 is 20.2 Å². The molecule has 1 atom stereocenters. The second-order valence-electron chi connectivity index (χ2n) is 6.02. The van der Waals surface area contributed by atoms with Gasteiger partial charge in [0.05, 0.1) is 6.16 Å². The highest BCUT2D eigenvalue weighted by atomic mass is 31.2. The van der Waals surface area contributed by atoms with E-state index in [1.54, 1.807) is 18.2 Å². The fraction of sp³-hybridized carbons (Fsp3) is 0.222. The van der Waals surface area contributed by atoms with Gasteiger partial charge in [0.15, 0.2) is 0 Å². The predicted molar refractivity (Wildman–Crippen MR) is 96.6 cm³/mol. The number of aliphatic carboxylic acids is 1. The molecule has 0 aromatic heterocycles. The van der Waals surface area contributed by atoms with Crippen LogP contribution < -0.4 is 5.32 Å². The molecule has 0 saturated carbocycles. The molecule has 2 rings (SSSR count). The number of nitrogens with one attached hydrogen (secondary N) is 1. The summed E-state index contributed by atoms with van der Waals surface area (Å²) in [6.07, 6.45) is -0.442. The molecule has 0 heterocycles. The molecule has 7 nitrogen and oxygen atoms in total. The summed E-state index contributed by atoms with van der Waals surface area (Å²) in [6, 6.07) is 13.1. The Morgan fingerprint density at radius 2 is 1.65 bits per heavy atom. The Labute approximate surface area is 150 Å². The Hall–Kier alpha value is -2.47. The molecular weight excluding hydrogens is 357 g/mol. The van der Waals surface area contributed by atoms with Gasteiger partial charge in [-0.25, -0.2) is 4.79 Å². The lowest BCUT2D eigenvalue weighted by Crippen LogP contribution is -2.41. The van der Waals surface area contributed by atoms with Crippen molar-refractivity contribution < 1.29 is 29.0 Å². The van der Waals surface area contributed by atoms with Crippen molar-refractivity contribution in [3.05, 3.63) is 59.7 Å². The van der Waals surface area contributed by atoms with E-state index in [-0.39, 0.29) is 6.42 Å². The van der Waals surface area contributed by atoms with Gasteiger partial charge in [0.25, 0.3) is 0 Å². The average molecular weight is 377 g/mol. The summed E-state index contributed by atoms with van der Waals surface area (Å²) in [5.41, 5.74) is 2.53. The van der Waals surface area contributed by atoms with E-state index in [0.29, 0.717) is 11.1 Å². The molecule has 0 aliphatic heterocycles. The highest BCUT2D eigenvalue weighted by Gasteiger charge is 2.21. The van der Waals surface area contributed by atoms with Crippen LogP contribution in [-0.4, -0.2) is 32.8 Å². The van der Waals surface area contributed by atoms with Crippen molar-refractivity contribution in [2.75, 3.05) is 0 Å². The topological polar surface area (TPSA) is 124 Å². The first-order valence-electron chi connectivity index (χ1n) is 7.87. The van der Waals surface area contributed by atoms with Crippen LogP contribution in [0.4, 0.5) is 0 Å². The van der Waals surface area contributed by atoms with E-state index in [0.717, 1.165) is 11.1 Å². The number of carbonyl (C=O) groups excluding carboxylic acids is 1. The zero-order valence-electron chi connectivity index (χ0n) is 14.1. The molecule has 0 bridgehead atoms. The maximum Gasteiger partial charge on any atom is 0.329 e. The molecule has 0 fully saturated rings. The molecule has 0 saturated heterocycles. The summed E-state index contributed by atoms with van der Waals surface area (Å²) in [7, 11) is -4.28. The summed E-state index contributed by atoms with van der Waals surface area (Å²) >= 11 is 0. The summed E-state index contributed by atoms with van der Waals surface area (Å²) in [4.78, 5) is 41.1. The second kappa shape index (κ2) is 8.27. The Morgan fingerprint density at radius 3 is 2.19 bits per heavy atom. The number of carboxylic acids is 1. The monoisotopic (exact) mass is 377 g/mol. The van der Waals surface area contributed by atoms with Gasteiger partial charge in [0.2, 0.25) is 5.91 Å². The van der Waals surface area contributed by atoms with Crippen LogP contribution in [0.15, 0.2) is 48.5 Å². The van der Waals surface area contributed by atoms with Gasteiger partial charge in [-0.15, -0.1) is 0 Å². The van der Waals surface area contributed by atoms with E-state index in [1.165, 1.54) is 6.92 Å². The van der Waals surface area contributed by atoms with Crippen LogP contribution in [0.3, 0.4) is 0 Å². The third-order valence-corrected chi connectivity index (χ3v) is 4.44. The predicted octanol–water partition coefficient (Wildman–Crippen LogP) is 2.16. The minimum Gasteiger partial charge on any atom is -0.480 e. The second-order valence-corrected chi connectivity index (χ2v) is 7.67. The van der Waals surface area contributed by atoms with Gasteiger partial charge >= 0.3 is 13.6 Å². The standard InChI is InChI=1S/C18H20NO6P/c1-12(20)19-17(18(21)22)10-13-7-14(11-26(23,24)25)9-16(8-13)15-5-3-2-4-6-15/h2-9,17H,10-11H2,1H3,(H,19,20)(H,21,22)(H2,23,24,25). The molecule has 0 aliphatic carbocycles. The maximum absolute atomic E-state index is 11.4. The molecule has 1 unspecified atom stereocenters. The largest absolute Gasteiger partial charge is 0.480 e. The van der Waals surface area contributed by atoms with Crippen molar-refractivity contribution in [1.29, 1.82) is 0 Å². The van der Waals surface area contributed by atoms with Gasteiger partial charge in [0.1, 0.15) is 6.04 Å². The van der Waals surface area contributed by atoms with E-state index in [4.69, 9.17) is 0 Å². The van der Waals surface area contributed by atoms with Crippen LogP contribution in [0.2, 0.25) is 0 Å². The van der Waals surface area contributed by atoms with E-state index < -0.39 is 31.7 Å². The average Bonchev–Trinajstić information content (AvgIpc) is 2.52. The minimum atomic E-state index is -4.28. The SMILES string of the molecule is CC(=O)NC(Cc1cc(CP(=O)(O)O)cc(-c2ccccc2)c1)C(=O)O. The first-order valence-corrected chi connectivity index (χ1v) is 9.66. The lowest BCUT2D eigenvalue weighted by atomic mass is 9.97. The summed E-state index contributed by atoms with van der Waals surface area (Å²) in [6.45, 7) is 1.23. The molecule has 138 valence electrons. The molecule has 26 heavy (non-hydrogen) atoms. The minimum absolute atomic E-state index is 0.00372. The lowest BCUT2D eigenvalue weighted by molar-refractivity contribution is -0.141. The smallest absolute Gasteiger partial charge is 0.329 e. The number of carbonyl (C=O) groups is 2. The van der Waals surface area contributed by atoms with Gasteiger partial charge in [-0.05, 0) is 22.3 Å². The van der Waals surface area contributed by atoms with Crippen molar-refractivity contribution in [2.24, 2.45) is 0 Å². The van der Waals surface area contributed by atoms with Gasteiger partial charge in [-0.2, -0.15) is 0 Å². The van der Waals surface area contributed by atoms with Crippen molar-refractivity contribution in [2.45, 2.75) is 25.5 Å². The zero-order valence-corrected chi connectivity index (χ0v) is 15.0. The fourth-order valence-electron chi connectivity index (χ4n) is 2.69.